The summed E-state index contributed by atoms with van der Waals surface area (Å²) in [5.74, 6) is -1.26. The number of carbonyl (C=O) groups is 1. The number of aromatic nitrogens is 3. The van der Waals surface area contributed by atoms with E-state index in [1.165, 1.54) is 12.1 Å². The summed E-state index contributed by atoms with van der Waals surface area (Å²) < 4.78 is 14.6. The number of likely N-dealkylation sites (tertiary alicyclic amines) is 1. The van der Waals surface area contributed by atoms with Gasteiger partial charge in [0.05, 0.1) is 11.3 Å². The van der Waals surface area contributed by atoms with Gasteiger partial charge in [0.2, 0.25) is 5.91 Å². The van der Waals surface area contributed by atoms with Gasteiger partial charge in [-0.15, -0.1) is 12.4 Å². The first-order chi connectivity index (χ1) is 14.9. The molecule has 2 aliphatic rings. The topological polar surface area (TPSA) is 132 Å². The Balaban J connectivity index is 0.00000245. The molecule has 0 bridgehead atoms. The molecular formula is C22H22ClFN6O2. The number of phenols is 1. The lowest BCUT2D eigenvalue weighted by Gasteiger charge is -2.16. The van der Waals surface area contributed by atoms with Crippen LogP contribution in [0.4, 0.5) is 4.39 Å². The molecule has 5 rings (SSSR count). The number of aryl methyl sites for hydroxylation is 1. The van der Waals surface area contributed by atoms with Gasteiger partial charge in [0.25, 0.3) is 0 Å². The third-order valence-electron chi connectivity index (χ3n) is 6.26. The van der Waals surface area contributed by atoms with E-state index < -0.39 is 5.82 Å². The van der Waals surface area contributed by atoms with Crippen molar-refractivity contribution >= 4 is 29.3 Å². The number of amides is 1. The number of nitrogens with zero attached hydrogens (tertiary/aromatic N) is 4. The standard InChI is InChI=1S/C22H21FN6O2.ClH/c1-10-18-19(14-7-15(14)22(31)29-5-4-11(25)9-29)16(8-24)20(26-21(18)28-27-10)13-3-2-12(30)6-17(13)23;/h2-3,6,11,14-15,30H,4-5,7,9,25H2,1H3,(H,26,27,28);1H/t11-,14?,15+;/m1./s1. The molecule has 1 aromatic carbocycles. The second kappa shape index (κ2) is 8.04. The van der Waals surface area contributed by atoms with Crippen LogP contribution in [0.15, 0.2) is 18.2 Å². The minimum absolute atomic E-state index is 0. The molecule has 1 unspecified atom stereocenters. The molecule has 3 atom stereocenters. The van der Waals surface area contributed by atoms with Gasteiger partial charge in [-0.1, -0.05) is 0 Å². The highest BCUT2D eigenvalue weighted by Gasteiger charge is 2.49. The van der Waals surface area contributed by atoms with Gasteiger partial charge in [-0.25, -0.2) is 9.37 Å². The summed E-state index contributed by atoms with van der Waals surface area (Å²) in [4.78, 5) is 19.3. The fraction of sp³-hybridized carbons (Fsp3) is 0.364. The monoisotopic (exact) mass is 456 g/mol. The summed E-state index contributed by atoms with van der Waals surface area (Å²) in [7, 11) is 0. The number of nitriles is 1. The summed E-state index contributed by atoms with van der Waals surface area (Å²) in [6.45, 7) is 3.03. The molecule has 1 amide bonds. The number of carbonyl (C=O) groups excluding carboxylic acids is 1. The zero-order chi connectivity index (χ0) is 21.9. The summed E-state index contributed by atoms with van der Waals surface area (Å²) in [5, 5.41) is 27.4. The van der Waals surface area contributed by atoms with Crippen LogP contribution in [0, 0.1) is 30.0 Å². The van der Waals surface area contributed by atoms with Gasteiger partial charge < -0.3 is 15.7 Å². The van der Waals surface area contributed by atoms with Gasteiger partial charge in [0, 0.05) is 47.8 Å². The number of halogens is 2. The number of aromatic hydroxyl groups is 1. The Labute approximate surface area is 189 Å². The number of H-pyrrole nitrogens is 1. The van der Waals surface area contributed by atoms with Crippen molar-refractivity contribution in [3.8, 4) is 23.1 Å². The molecular weight excluding hydrogens is 435 g/mol. The van der Waals surface area contributed by atoms with Crippen LogP contribution < -0.4 is 5.73 Å². The van der Waals surface area contributed by atoms with Gasteiger partial charge in [0.1, 0.15) is 17.6 Å². The van der Waals surface area contributed by atoms with Crippen molar-refractivity contribution < 1.29 is 14.3 Å². The number of hydrogen-bond acceptors (Lipinski definition) is 6. The molecule has 166 valence electrons. The average Bonchev–Trinajstić information content (AvgIpc) is 3.28. The Morgan fingerprint density at radius 3 is 2.88 bits per heavy atom. The molecule has 4 N–H and O–H groups in total. The number of pyridine rings is 1. The van der Waals surface area contributed by atoms with Crippen LogP contribution in [0.1, 0.15) is 35.6 Å². The lowest BCUT2D eigenvalue weighted by atomic mass is 9.94. The number of benzene rings is 1. The lowest BCUT2D eigenvalue weighted by molar-refractivity contribution is -0.131. The van der Waals surface area contributed by atoms with Crippen LogP contribution in [-0.4, -0.2) is 50.2 Å². The Kier molecular flexibility index (Phi) is 5.53. The fourth-order valence-corrected chi connectivity index (χ4v) is 4.62. The zero-order valence-corrected chi connectivity index (χ0v) is 18.1. The maximum atomic E-state index is 14.6. The van der Waals surface area contributed by atoms with Gasteiger partial charge in [-0.3, -0.25) is 9.89 Å². The van der Waals surface area contributed by atoms with Gasteiger partial charge in [-0.2, -0.15) is 10.4 Å². The van der Waals surface area contributed by atoms with Crippen molar-refractivity contribution in [1.82, 2.24) is 20.1 Å². The van der Waals surface area contributed by atoms with E-state index in [0.717, 1.165) is 18.2 Å². The van der Waals surface area contributed by atoms with Crippen LogP contribution >= 0.6 is 12.4 Å². The van der Waals surface area contributed by atoms with E-state index in [2.05, 4.69) is 21.3 Å². The van der Waals surface area contributed by atoms with E-state index >= 15 is 0 Å². The second-order valence-corrected chi connectivity index (χ2v) is 8.35. The van der Waals surface area contributed by atoms with Crippen molar-refractivity contribution in [3.63, 3.8) is 0 Å². The summed E-state index contributed by atoms with van der Waals surface area (Å²) in [5.41, 5.74) is 8.25. The molecule has 32 heavy (non-hydrogen) atoms. The quantitative estimate of drug-likeness (QED) is 0.555. The first kappa shape index (κ1) is 22.0. The summed E-state index contributed by atoms with van der Waals surface area (Å²) >= 11 is 0. The second-order valence-electron chi connectivity index (χ2n) is 8.35. The number of rotatable bonds is 3. The van der Waals surface area contributed by atoms with Crippen LogP contribution in [0.3, 0.4) is 0 Å². The Hall–Kier alpha value is -3.22. The SMILES string of the molecule is Cc1[nH]nc2nc(-c3ccc(O)cc3F)c(C#N)c(C3C[C@@H]3C(=O)N3CC[C@@H](N)C3)c12.Cl. The third kappa shape index (κ3) is 3.45. The molecule has 1 aliphatic carbocycles. The van der Waals surface area contributed by atoms with Crippen LogP contribution in [0.2, 0.25) is 0 Å². The van der Waals surface area contributed by atoms with E-state index in [1.807, 2.05) is 6.92 Å². The molecule has 1 aliphatic heterocycles. The lowest BCUT2D eigenvalue weighted by Crippen LogP contribution is -2.33. The number of phenolic OH excluding ortho intramolecular Hbond substituents is 1. The predicted molar refractivity (Wildman–Crippen MR) is 118 cm³/mol. The van der Waals surface area contributed by atoms with Crippen molar-refractivity contribution in [2.75, 3.05) is 13.1 Å². The van der Waals surface area contributed by atoms with E-state index in [4.69, 9.17) is 5.73 Å². The number of fused-ring (bicyclic) bond motifs is 1. The molecule has 0 radical (unpaired) electrons. The van der Waals surface area contributed by atoms with Crippen molar-refractivity contribution in [3.05, 3.63) is 40.8 Å². The maximum absolute atomic E-state index is 14.6. The highest BCUT2D eigenvalue weighted by atomic mass is 35.5. The number of aromatic amines is 1. The molecule has 1 saturated carbocycles. The maximum Gasteiger partial charge on any atom is 0.226 e. The highest BCUT2D eigenvalue weighted by molar-refractivity contribution is 5.92. The first-order valence-corrected chi connectivity index (χ1v) is 10.2. The van der Waals surface area contributed by atoms with E-state index in [0.29, 0.717) is 36.1 Å². The smallest absolute Gasteiger partial charge is 0.226 e. The minimum Gasteiger partial charge on any atom is -0.508 e. The van der Waals surface area contributed by atoms with Crippen LogP contribution in [-0.2, 0) is 4.79 Å². The number of hydrogen-bond donors (Lipinski definition) is 3. The third-order valence-corrected chi connectivity index (χ3v) is 6.26. The minimum atomic E-state index is -0.684. The normalized spacial score (nSPS) is 21.9. The highest BCUT2D eigenvalue weighted by Crippen LogP contribution is 2.53. The first-order valence-electron chi connectivity index (χ1n) is 10.2. The molecule has 10 heteroatoms. The number of nitrogens with two attached hydrogens (primary N) is 1. The largest absolute Gasteiger partial charge is 0.508 e. The summed E-state index contributed by atoms with van der Waals surface area (Å²) in [6.07, 6.45) is 1.40. The molecule has 2 fully saturated rings. The van der Waals surface area contributed by atoms with Crippen LogP contribution in [0.5, 0.6) is 5.75 Å². The molecule has 3 aromatic rings. The van der Waals surface area contributed by atoms with E-state index in [9.17, 15) is 19.6 Å². The molecule has 2 aromatic heterocycles. The summed E-state index contributed by atoms with van der Waals surface area (Å²) in [6, 6.07) is 5.92. The molecule has 1 saturated heterocycles. The van der Waals surface area contributed by atoms with Gasteiger partial charge in [0.15, 0.2) is 5.65 Å². The van der Waals surface area contributed by atoms with Crippen molar-refractivity contribution in [1.29, 1.82) is 5.26 Å². The van der Waals surface area contributed by atoms with E-state index in [1.54, 1.807) is 4.90 Å². The fourth-order valence-electron chi connectivity index (χ4n) is 4.62. The number of nitrogens with one attached hydrogen (secondary N) is 1. The Morgan fingerprint density at radius 2 is 2.22 bits per heavy atom. The zero-order valence-electron chi connectivity index (χ0n) is 17.3. The molecule has 3 heterocycles. The van der Waals surface area contributed by atoms with Crippen molar-refractivity contribution in [2.24, 2.45) is 11.7 Å². The Bertz CT molecular complexity index is 1270. The Morgan fingerprint density at radius 1 is 1.44 bits per heavy atom. The molecule has 8 nitrogen and oxygen atoms in total. The van der Waals surface area contributed by atoms with Gasteiger partial charge >= 0.3 is 0 Å². The predicted octanol–water partition coefficient (Wildman–Crippen LogP) is 2.73. The van der Waals surface area contributed by atoms with E-state index in [-0.39, 0.29) is 58.8 Å². The van der Waals surface area contributed by atoms with Crippen molar-refractivity contribution in [2.45, 2.75) is 31.7 Å². The average molecular weight is 457 g/mol. The van der Waals surface area contributed by atoms with Gasteiger partial charge in [-0.05, 0) is 43.4 Å². The molecule has 0 spiro atoms. The van der Waals surface area contributed by atoms with Crippen LogP contribution in [0.25, 0.3) is 22.3 Å².